The highest BCUT2D eigenvalue weighted by Gasteiger charge is 2.28. The van der Waals surface area contributed by atoms with Crippen molar-refractivity contribution >= 4 is 28.7 Å². The second-order valence-corrected chi connectivity index (χ2v) is 7.63. The molecule has 2 amide bonds. The van der Waals surface area contributed by atoms with E-state index in [1.807, 2.05) is 13.0 Å². The zero-order valence-electron chi connectivity index (χ0n) is 17.3. The fraction of sp³-hybridized carbons (Fsp3) is 0.350. The fourth-order valence-electron chi connectivity index (χ4n) is 3.55. The summed E-state index contributed by atoms with van der Waals surface area (Å²) in [5.74, 6) is 0.319. The van der Waals surface area contributed by atoms with Gasteiger partial charge in [-0.2, -0.15) is 10.2 Å². The van der Waals surface area contributed by atoms with Crippen molar-refractivity contribution in [1.82, 2.24) is 29.2 Å². The predicted molar refractivity (Wildman–Crippen MR) is 111 cm³/mol. The first-order valence-electron chi connectivity index (χ1n) is 9.95. The molecule has 1 saturated carbocycles. The van der Waals surface area contributed by atoms with E-state index in [0.717, 1.165) is 18.5 Å². The van der Waals surface area contributed by atoms with Gasteiger partial charge >= 0.3 is 6.03 Å². The lowest BCUT2D eigenvalue weighted by molar-refractivity contribution is 0.114. The first kappa shape index (κ1) is 19.4. The molecule has 0 saturated heterocycles. The van der Waals surface area contributed by atoms with Crippen LogP contribution < -0.4 is 10.6 Å². The van der Waals surface area contributed by atoms with Crippen LogP contribution >= 0.6 is 0 Å². The molecular formula is C20H21FN8O2. The smallest absolute Gasteiger partial charge is 0.323 e. The maximum absolute atomic E-state index is 14.3. The number of pyridine rings is 1. The molecule has 11 heteroatoms. The number of methoxy groups -OCH3 is 1. The molecule has 0 spiro atoms. The van der Waals surface area contributed by atoms with E-state index in [0.29, 0.717) is 28.8 Å². The highest BCUT2D eigenvalue weighted by Crippen LogP contribution is 2.40. The van der Waals surface area contributed by atoms with Gasteiger partial charge in [-0.05, 0) is 26.7 Å². The molecule has 1 aliphatic carbocycles. The summed E-state index contributed by atoms with van der Waals surface area (Å²) < 4.78 is 22.8. The summed E-state index contributed by atoms with van der Waals surface area (Å²) in [4.78, 5) is 21.1. The Morgan fingerprint density at radius 2 is 2.10 bits per heavy atom. The number of aryl methyl sites for hydroxylation is 1. The summed E-state index contributed by atoms with van der Waals surface area (Å²) in [7, 11) is 1.59. The van der Waals surface area contributed by atoms with Gasteiger partial charge in [0.05, 0.1) is 41.3 Å². The number of anilines is 2. The maximum Gasteiger partial charge on any atom is 0.323 e. The van der Waals surface area contributed by atoms with E-state index in [1.165, 1.54) is 16.8 Å². The van der Waals surface area contributed by atoms with Crippen LogP contribution in [0.3, 0.4) is 0 Å². The van der Waals surface area contributed by atoms with Crippen LogP contribution in [0.25, 0.3) is 11.3 Å². The molecule has 0 unspecified atom stereocenters. The van der Waals surface area contributed by atoms with E-state index >= 15 is 0 Å². The summed E-state index contributed by atoms with van der Waals surface area (Å²) in [6.45, 7) is 3.53. The van der Waals surface area contributed by atoms with Gasteiger partial charge < -0.3 is 15.4 Å². The third-order valence-corrected chi connectivity index (χ3v) is 5.27. The topological polar surface area (TPSA) is 111 Å². The van der Waals surface area contributed by atoms with Gasteiger partial charge in [0.15, 0.2) is 17.1 Å². The van der Waals surface area contributed by atoms with E-state index in [-0.39, 0.29) is 17.4 Å². The van der Waals surface area contributed by atoms with Crippen LogP contribution in [0.1, 0.15) is 49.0 Å². The molecule has 1 fully saturated rings. The molecule has 160 valence electrons. The Balaban J connectivity index is 1.44. The minimum absolute atomic E-state index is 0.0967. The lowest BCUT2D eigenvalue weighted by atomic mass is 10.2. The van der Waals surface area contributed by atoms with Crippen molar-refractivity contribution in [1.29, 1.82) is 0 Å². The van der Waals surface area contributed by atoms with Crippen LogP contribution in [0, 0.1) is 12.7 Å². The number of nitrogens with one attached hydrogen (secondary N) is 2. The number of rotatable bonds is 5. The molecule has 10 nitrogen and oxygen atoms in total. The second kappa shape index (κ2) is 7.27. The molecule has 0 aliphatic heterocycles. The van der Waals surface area contributed by atoms with Gasteiger partial charge in [-0.15, -0.1) is 0 Å². The van der Waals surface area contributed by atoms with Crippen molar-refractivity contribution in [3.8, 4) is 0 Å². The van der Waals surface area contributed by atoms with Crippen LogP contribution in [-0.2, 0) is 4.74 Å². The predicted octanol–water partition coefficient (Wildman–Crippen LogP) is 3.45. The van der Waals surface area contributed by atoms with Gasteiger partial charge in [-0.1, -0.05) is 0 Å². The van der Waals surface area contributed by atoms with Gasteiger partial charge in [-0.25, -0.2) is 28.2 Å². The molecule has 4 aromatic rings. The number of hydrogen-bond donors (Lipinski definition) is 2. The average Bonchev–Trinajstić information content (AvgIpc) is 3.37. The number of ether oxygens (including phenoxy) is 1. The molecule has 2 N–H and O–H groups in total. The average molecular weight is 424 g/mol. The highest BCUT2D eigenvalue weighted by atomic mass is 19.1. The van der Waals surface area contributed by atoms with Gasteiger partial charge in [0, 0.05) is 25.2 Å². The number of urea groups is 1. The van der Waals surface area contributed by atoms with Crippen LogP contribution in [0.2, 0.25) is 0 Å². The maximum atomic E-state index is 14.3. The van der Waals surface area contributed by atoms with Crippen molar-refractivity contribution in [2.45, 2.75) is 38.7 Å². The number of carbonyl (C=O) groups is 1. The lowest BCUT2D eigenvalue weighted by Gasteiger charge is -2.17. The molecule has 4 heterocycles. The molecule has 1 atom stereocenters. The Labute approximate surface area is 176 Å². The monoisotopic (exact) mass is 424 g/mol. The van der Waals surface area contributed by atoms with E-state index in [1.54, 1.807) is 24.7 Å². The first-order chi connectivity index (χ1) is 14.9. The molecular weight excluding hydrogens is 403 g/mol. The Hall–Kier alpha value is -3.60. The van der Waals surface area contributed by atoms with E-state index in [4.69, 9.17) is 4.74 Å². The van der Waals surface area contributed by atoms with Gasteiger partial charge in [0.2, 0.25) is 0 Å². The van der Waals surface area contributed by atoms with Crippen LogP contribution in [0.5, 0.6) is 0 Å². The molecule has 5 rings (SSSR count). The van der Waals surface area contributed by atoms with Crippen molar-refractivity contribution in [3.05, 3.63) is 47.6 Å². The third-order valence-electron chi connectivity index (χ3n) is 5.27. The highest BCUT2D eigenvalue weighted by molar-refractivity contribution is 6.00. The number of amides is 2. The quantitative estimate of drug-likeness (QED) is 0.508. The molecule has 0 aromatic carbocycles. The number of nitrogens with zero attached hydrogens (tertiary/aromatic N) is 6. The Morgan fingerprint density at radius 1 is 1.29 bits per heavy atom. The van der Waals surface area contributed by atoms with Crippen molar-refractivity contribution in [3.63, 3.8) is 0 Å². The fourth-order valence-corrected chi connectivity index (χ4v) is 3.55. The van der Waals surface area contributed by atoms with Crippen LogP contribution in [0.4, 0.5) is 20.6 Å². The standard InChI is InChI=1S/C20H21FN8O2/c1-10(31-3)18-16(8-22-17-7-15(12-4-5-12)27-29(17)18)25-20(30)24-13-6-14(21)19-23-11(2)26-28(19)9-13/h6-10,12H,4-5H2,1-3H3,(H2,24,25,30)/t10-/m0/s1. The summed E-state index contributed by atoms with van der Waals surface area (Å²) in [5, 5.41) is 14.2. The SMILES string of the molecule is CO[C@@H](C)c1c(NC(=O)Nc2cc(F)c3nc(C)nn3c2)cnc2cc(C3CC3)nn12. The summed E-state index contributed by atoms with van der Waals surface area (Å²) in [6, 6.07) is 2.60. The zero-order valence-corrected chi connectivity index (χ0v) is 17.3. The molecule has 31 heavy (non-hydrogen) atoms. The number of halogens is 1. The van der Waals surface area contributed by atoms with Gasteiger partial charge in [-0.3, -0.25) is 0 Å². The molecule has 1 aliphatic rings. The Kier molecular flexibility index (Phi) is 4.54. The normalized spacial score (nSPS) is 14.8. The zero-order chi connectivity index (χ0) is 21.7. The van der Waals surface area contributed by atoms with Crippen LogP contribution in [0.15, 0.2) is 24.5 Å². The molecule has 4 aromatic heterocycles. The summed E-state index contributed by atoms with van der Waals surface area (Å²) in [5.41, 5.74) is 3.13. The van der Waals surface area contributed by atoms with Crippen molar-refractivity contribution < 1.29 is 13.9 Å². The second-order valence-electron chi connectivity index (χ2n) is 7.63. The Bertz CT molecular complexity index is 1310. The number of carbonyl (C=O) groups excluding carboxylic acids is 1. The van der Waals surface area contributed by atoms with Crippen molar-refractivity contribution in [2.75, 3.05) is 17.7 Å². The summed E-state index contributed by atoms with van der Waals surface area (Å²) in [6.07, 6.45) is 4.97. The summed E-state index contributed by atoms with van der Waals surface area (Å²) >= 11 is 0. The van der Waals surface area contributed by atoms with E-state index in [9.17, 15) is 9.18 Å². The largest absolute Gasteiger partial charge is 0.375 e. The van der Waals surface area contributed by atoms with Crippen molar-refractivity contribution in [2.24, 2.45) is 0 Å². The first-order valence-corrected chi connectivity index (χ1v) is 9.95. The molecule has 0 bridgehead atoms. The minimum Gasteiger partial charge on any atom is -0.375 e. The number of hydrogen-bond acceptors (Lipinski definition) is 6. The van der Waals surface area contributed by atoms with Gasteiger partial charge in [0.1, 0.15) is 5.82 Å². The van der Waals surface area contributed by atoms with E-state index in [2.05, 4.69) is 30.8 Å². The minimum atomic E-state index is -0.584. The van der Waals surface area contributed by atoms with E-state index < -0.39 is 11.8 Å². The van der Waals surface area contributed by atoms with Crippen LogP contribution in [-0.4, -0.2) is 42.3 Å². The lowest BCUT2D eigenvalue weighted by Crippen LogP contribution is -2.22. The Morgan fingerprint density at radius 3 is 2.84 bits per heavy atom. The number of fused-ring (bicyclic) bond motifs is 2. The molecule has 0 radical (unpaired) electrons. The number of aromatic nitrogens is 6. The third kappa shape index (κ3) is 3.56. The van der Waals surface area contributed by atoms with Gasteiger partial charge in [0.25, 0.3) is 0 Å².